The second-order valence-corrected chi connectivity index (χ2v) is 3.36. The lowest BCUT2D eigenvalue weighted by Gasteiger charge is -2.00. The number of rotatable bonds is 3. The van der Waals surface area contributed by atoms with E-state index >= 15 is 0 Å². The molecule has 2 rings (SSSR count). The van der Waals surface area contributed by atoms with Gasteiger partial charge in [-0.05, 0) is 17.7 Å². The minimum atomic E-state index is 0.254. The van der Waals surface area contributed by atoms with Crippen LogP contribution in [0.4, 0.5) is 0 Å². The average molecular weight is 192 g/mol. The van der Waals surface area contributed by atoms with Gasteiger partial charge in [0.05, 0.1) is 0 Å². The number of hydrogen-bond acceptors (Lipinski definition) is 3. The van der Waals surface area contributed by atoms with E-state index in [1.165, 1.54) is 0 Å². The van der Waals surface area contributed by atoms with Crippen molar-refractivity contribution in [2.45, 2.75) is 26.4 Å². The summed E-state index contributed by atoms with van der Waals surface area (Å²) in [4.78, 5) is 20.9. The molecule has 0 atom stereocenters. The summed E-state index contributed by atoms with van der Waals surface area (Å²) >= 11 is 0. The van der Waals surface area contributed by atoms with Crippen LogP contribution in [0, 0.1) is 0 Å². The summed E-state index contributed by atoms with van der Waals surface area (Å²) in [6.45, 7) is 2.35. The van der Waals surface area contributed by atoms with Crippen LogP contribution in [0.5, 0.6) is 5.75 Å². The van der Waals surface area contributed by atoms with Crippen molar-refractivity contribution in [1.29, 1.82) is 0 Å². The van der Waals surface area contributed by atoms with Crippen molar-refractivity contribution >= 4 is 5.78 Å². The molecule has 0 unspecified atom stereocenters. The zero-order valence-corrected chi connectivity index (χ0v) is 8.08. The summed E-state index contributed by atoms with van der Waals surface area (Å²) in [6.07, 6.45) is 1.09. The smallest absolute Gasteiger partial charge is 0.171 e. The van der Waals surface area contributed by atoms with Gasteiger partial charge in [0.15, 0.2) is 5.75 Å². The first kappa shape index (κ1) is 9.21. The summed E-state index contributed by atoms with van der Waals surface area (Å²) in [6, 6.07) is 5.72. The van der Waals surface area contributed by atoms with Gasteiger partial charge >= 0.3 is 0 Å². The number of carbonyl (C=O) groups excluding carboxylic acids is 1. The molecule has 0 radical (unpaired) electrons. The highest BCUT2D eigenvalue weighted by atomic mass is 17.2. The molecular formula is C11H12O3. The predicted molar refractivity (Wildman–Crippen MR) is 50.9 cm³/mol. The molecule has 1 heterocycles. The zero-order valence-electron chi connectivity index (χ0n) is 8.08. The number of fused-ring (bicyclic) bond motifs is 1. The van der Waals surface area contributed by atoms with Gasteiger partial charge in [-0.15, -0.1) is 0 Å². The van der Waals surface area contributed by atoms with Crippen molar-refractivity contribution in [3.8, 4) is 5.75 Å². The fraction of sp³-hybridized carbons (Fsp3) is 0.364. The van der Waals surface area contributed by atoms with Crippen LogP contribution >= 0.6 is 0 Å². The van der Waals surface area contributed by atoms with Gasteiger partial charge in [-0.1, -0.05) is 13.0 Å². The molecule has 1 aliphatic rings. The van der Waals surface area contributed by atoms with E-state index in [4.69, 9.17) is 9.78 Å². The van der Waals surface area contributed by atoms with Gasteiger partial charge in [-0.3, -0.25) is 4.79 Å². The summed E-state index contributed by atoms with van der Waals surface area (Å²) in [7, 11) is 0. The second kappa shape index (κ2) is 3.80. The molecule has 1 aliphatic heterocycles. The van der Waals surface area contributed by atoms with Crippen LogP contribution in [0.3, 0.4) is 0 Å². The SMILES string of the molecule is CCC(=O)Cc1ccc2c(c1)COO2. The molecule has 0 bridgehead atoms. The number of hydrogen-bond donors (Lipinski definition) is 0. The Morgan fingerprint density at radius 3 is 3.14 bits per heavy atom. The van der Waals surface area contributed by atoms with E-state index in [2.05, 4.69) is 0 Å². The zero-order chi connectivity index (χ0) is 9.97. The Hall–Kier alpha value is -1.35. The lowest BCUT2D eigenvalue weighted by molar-refractivity contribution is -0.194. The molecule has 0 saturated heterocycles. The Bertz CT molecular complexity index is 358. The van der Waals surface area contributed by atoms with Crippen molar-refractivity contribution in [3.05, 3.63) is 29.3 Å². The van der Waals surface area contributed by atoms with Crippen molar-refractivity contribution in [3.63, 3.8) is 0 Å². The van der Waals surface area contributed by atoms with Crippen LogP contribution in [-0.4, -0.2) is 5.78 Å². The largest absolute Gasteiger partial charge is 0.337 e. The average Bonchev–Trinajstić information content (AvgIpc) is 2.64. The minimum Gasteiger partial charge on any atom is -0.337 e. The van der Waals surface area contributed by atoms with E-state index < -0.39 is 0 Å². The molecule has 74 valence electrons. The lowest BCUT2D eigenvalue weighted by Crippen LogP contribution is -2.00. The number of ketones is 1. The van der Waals surface area contributed by atoms with Crippen molar-refractivity contribution in [1.82, 2.24) is 0 Å². The van der Waals surface area contributed by atoms with E-state index in [9.17, 15) is 4.79 Å². The maximum Gasteiger partial charge on any atom is 0.171 e. The number of Topliss-reactive ketones (excluding diaryl/α,β-unsaturated/α-hetero) is 1. The third kappa shape index (κ3) is 1.77. The molecule has 3 heteroatoms. The molecule has 0 N–H and O–H groups in total. The van der Waals surface area contributed by atoms with E-state index in [-0.39, 0.29) is 5.78 Å². The molecule has 14 heavy (non-hydrogen) atoms. The Morgan fingerprint density at radius 2 is 2.36 bits per heavy atom. The van der Waals surface area contributed by atoms with Crippen LogP contribution in [0.1, 0.15) is 24.5 Å². The van der Waals surface area contributed by atoms with E-state index in [0.29, 0.717) is 19.4 Å². The monoisotopic (exact) mass is 192 g/mol. The fourth-order valence-corrected chi connectivity index (χ4v) is 1.45. The van der Waals surface area contributed by atoms with Gasteiger partial charge in [-0.25, -0.2) is 0 Å². The van der Waals surface area contributed by atoms with Crippen LogP contribution in [-0.2, 0) is 22.7 Å². The molecule has 0 spiro atoms. The van der Waals surface area contributed by atoms with Crippen LogP contribution in [0.15, 0.2) is 18.2 Å². The topological polar surface area (TPSA) is 35.5 Å². The summed E-state index contributed by atoms with van der Waals surface area (Å²) in [5.74, 6) is 1.02. The van der Waals surface area contributed by atoms with Crippen LogP contribution < -0.4 is 4.89 Å². The molecule has 1 aromatic rings. The second-order valence-electron chi connectivity index (χ2n) is 3.36. The highest BCUT2D eigenvalue weighted by Gasteiger charge is 2.14. The van der Waals surface area contributed by atoms with Crippen molar-refractivity contribution in [2.24, 2.45) is 0 Å². The molecule has 0 fully saturated rings. The fourth-order valence-electron chi connectivity index (χ4n) is 1.45. The van der Waals surface area contributed by atoms with Gasteiger partial charge in [0.1, 0.15) is 12.4 Å². The first-order valence-corrected chi connectivity index (χ1v) is 4.72. The van der Waals surface area contributed by atoms with Gasteiger partial charge in [-0.2, -0.15) is 4.89 Å². The Kier molecular flexibility index (Phi) is 2.50. The molecule has 0 aromatic heterocycles. The van der Waals surface area contributed by atoms with Crippen molar-refractivity contribution < 1.29 is 14.6 Å². The Morgan fingerprint density at radius 1 is 1.50 bits per heavy atom. The van der Waals surface area contributed by atoms with Gasteiger partial charge < -0.3 is 4.89 Å². The first-order valence-electron chi connectivity index (χ1n) is 4.72. The summed E-state index contributed by atoms with van der Waals surface area (Å²) in [5.41, 5.74) is 2.05. The molecule has 1 aromatic carbocycles. The normalized spacial score (nSPS) is 13.5. The molecule has 0 amide bonds. The molecular weight excluding hydrogens is 180 g/mol. The predicted octanol–water partition coefficient (Wildman–Crippen LogP) is 2.03. The third-order valence-electron chi connectivity index (χ3n) is 2.28. The quantitative estimate of drug-likeness (QED) is 0.687. The third-order valence-corrected chi connectivity index (χ3v) is 2.28. The standard InChI is InChI=1S/C11H12O3/c1-2-10(12)6-8-3-4-11-9(5-8)7-13-14-11/h3-5H,2,6-7H2,1H3. The Balaban J connectivity index is 2.16. The molecule has 3 nitrogen and oxygen atoms in total. The highest BCUT2D eigenvalue weighted by molar-refractivity contribution is 5.80. The van der Waals surface area contributed by atoms with E-state index in [1.807, 2.05) is 25.1 Å². The van der Waals surface area contributed by atoms with Crippen LogP contribution in [0.2, 0.25) is 0 Å². The van der Waals surface area contributed by atoms with E-state index in [1.54, 1.807) is 0 Å². The van der Waals surface area contributed by atoms with Crippen LogP contribution in [0.25, 0.3) is 0 Å². The number of benzene rings is 1. The number of carbonyl (C=O) groups is 1. The molecule has 0 aliphatic carbocycles. The highest BCUT2D eigenvalue weighted by Crippen LogP contribution is 2.26. The van der Waals surface area contributed by atoms with Crippen molar-refractivity contribution in [2.75, 3.05) is 0 Å². The minimum absolute atomic E-state index is 0.254. The van der Waals surface area contributed by atoms with Gasteiger partial charge in [0.25, 0.3) is 0 Å². The van der Waals surface area contributed by atoms with Gasteiger partial charge in [0.2, 0.25) is 0 Å². The summed E-state index contributed by atoms with van der Waals surface area (Å²) < 4.78 is 0. The first-order chi connectivity index (χ1) is 6.79. The molecule has 0 saturated carbocycles. The summed E-state index contributed by atoms with van der Waals surface area (Å²) in [5, 5.41) is 0. The maximum absolute atomic E-state index is 11.2. The lowest BCUT2D eigenvalue weighted by atomic mass is 10.0. The van der Waals surface area contributed by atoms with E-state index in [0.717, 1.165) is 16.9 Å². The maximum atomic E-state index is 11.2. The Labute approximate surface area is 82.6 Å². The van der Waals surface area contributed by atoms with Gasteiger partial charge in [0, 0.05) is 18.4 Å².